The van der Waals surface area contributed by atoms with Crippen LogP contribution in [0.15, 0.2) is 63.5 Å². The summed E-state index contributed by atoms with van der Waals surface area (Å²) in [6, 6.07) is 11.8. The second-order valence-electron chi connectivity index (χ2n) is 10.3. The summed E-state index contributed by atoms with van der Waals surface area (Å²) in [5.41, 5.74) is 1.97. The predicted molar refractivity (Wildman–Crippen MR) is 169 cm³/mol. The fourth-order valence-corrected chi connectivity index (χ4v) is 6.42. The number of nitrogens with zero attached hydrogens (tertiary/aromatic N) is 3. The summed E-state index contributed by atoms with van der Waals surface area (Å²) in [5, 5.41) is 0. The van der Waals surface area contributed by atoms with Crippen LogP contribution in [-0.4, -0.2) is 75.1 Å². The van der Waals surface area contributed by atoms with Crippen LogP contribution < -0.4 is 29.1 Å². The van der Waals surface area contributed by atoms with E-state index in [0.717, 1.165) is 6.42 Å². The molecule has 5 rings (SSSR count). The molecular formula is C33H37N3O8S. The fraction of sp³-hybridized carbons (Fsp3) is 0.394. The molecule has 1 aromatic heterocycles. The molecule has 0 unspecified atom stereocenters. The van der Waals surface area contributed by atoms with Crippen molar-refractivity contribution in [1.29, 1.82) is 0 Å². The molecule has 0 spiro atoms. The van der Waals surface area contributed by atoms with Gasteiger partial charge in [0.1, 0.15) is 11.8 Å². The minimum atomic E-state index is -0.783. The van der Waals surface area contributed by atoms with Crippen LogP contribution in [0.5, 0.6) is 17.2 Å². The van der Waals surface area contributed by atoms with E-state index in [1.165, 1.54) is 18.4 Å². The number of aromatic nitrogens is 1. The van der Waals surface area contributed by atoms with Crippen molar-refractivity contribution in [2.75, 3.05) is 53.7 Å². The van der Waals surface area contributed by atoms with Crippen LogP contribution in [0, 0.1) is 0 Å². The molecule has 1 fully saturated rings. The Balaban J connectivity index is 1.55. The molecule has 0 saturated carbocycles. The average Bonchev–Trinajstić information content (AvgIpc) is 3.37. The molecule has 2 aliphatic rings. The predicted octanol–water partition coefficient (Wildman–Crippen LogP) is 2.83. The molecule has 3 aromatic rings. The van der Waals surface area contributed by atoms with Gasteiger partial charge in [-0.2, -0.15) is 0 Å². The Bertz CT molecular complexity index is 1770. The number of esters is 1. The second-order valence-corrected chi connectivity index (χ2v) is 11.4. The lowest BCUT2D eigenvalue weighted by molar-refractivity contribution is -0.139. The summed E-state index contributed by atoms with van der Waals surface area (Å²) >= 11 is 1.24. The van der Waals surface area contributed by atoms with Crippen LogP contribution in [0.3, 0.4) is 0 Å². The molecule has 45 heavy (non-hydrogen) atoms. The molecule has 0 bridgehead atoms. The molecule has 12 heteroatoms. The van der Waals surface area contributed by atoms with Gasteiger partial charge in [-0.1, -0.05) is 48.9 Å². The SMILES string of the molecule is CCCC1=C(C(=O)OCC)[C@H](c2ccccc2OC)n2c(s/c(=C/c3ccc(OCC(=O)N4CCOCC4)c(OC)c3)c2=O)=N1. The van der Waals surface area contributed by atoms with Crippen molar-refractivity contribution in [3.63, 3.8) is 0 Å². The standard InChI is InChI=1S/C33H37N3O8S/c1-5-9-23-29(32(39)43-6-2)30(22-10-7-8-11-24(22)40-3)36-31(38)27(45-33(36)34-23)19-21-12-13-25(26(18-21)41-4)44-20-28(37)35-14-16-42-17-15-35/h7-8,10-13,18-19,30H,5-6,9,14-17,20H2,1-4H3/b27-19+/t30-/m0/s1. The number of rotatable bonds is 11. The highest BCUT2D eigenvalue weighted by molar-refractivity contribution is 7.07. The molecule has 1 saturated heterocycles. The molecule has 2 aliphatic heterocycles. The van der Waals surface area contributed by atoms with Crippen LogP contribution in [-0.2, 0) is 19.1 Å². The Morgan fingerprint density at radius 3 is 2.51 bits per heavy atom. The van der Waals surface area contributed by atoms with Crippen LogP contribution in [0.1, 0.15) is 43.9 Å². The lowest BCUT2D eigenvalue weighted by atomic mass is 9.93. The van der Waals surface area contributed by atoms with Gasteiger partial charge in [0, 0.05) is 18.7 Å². The number of carbonyl (C=O) groups excluding carboxylic acids is 2. The second kappa shape index (κ2) is 14.6. The highest BCUT2D eigenvalue weighted by Crippen LogP contribution is 2.37. The molecule has 1 atom stereocenters. The van der Waals surface area contributed by atoms with Crippen molar-refractivity contribution in [2.45, 2.75) is 32.7 Å². The number of allylic oxidation sites excluding steroid dienone is 1. The summed E-state index contributed by atoms with van der Waals surface area (Å²) in [4.78, 5) is 47.1. The number of hydrogen-bond acceptors (Lipinski definition) is 10. The average molecular weight is 636 g/mol. The number of thiazole rings is 1. The van der Waals surface area contributed by atoms with Gasteiger partial charge >= 0.3 is 5.97 Å². The molecule has 1 amide bonds. The van der Waals surface area contributed by atoms with E-state index in [2.05, 4.69) is 0 Å². The molecule has 0 aliphatic carbocycles. The Kier molecular flexibility index (Phi) is 10.4. The van der Waals surface area contributed by atoms with Crippen molar-refractivity contribution in [2.24, 2.45) is 4.99 Å². The van der Waals surface area contributed by atoms with Crippen molar-refractivity contribution in [1.82, 2.24) is 9.47 Å². The Morgan fingerprint density at radius 2 is 1.80 bits per heavy atom. The van der Waals surface area contributed by atoms with Crippen LogP contribution in [0.25, 0.3) is 6.08 Å². The van der Waals surface area contributed by atoms with E-state index in [4.69, 9.17) is 28.7 Å². The first-order valence-corrected chi connectivity index (χ1v) is 15.7. The Labute approximate surface area is 265 Å². The maximum Gasteiger partial charge on any atom is 0.338 e. The van der Waals surface area contributed by atoms with Gasteiger partial charge in [0.2, 0.25) is 0 Å². The van der Waals surface area contributed by atoms with Crippen molar-refractivity contribution < 1.29 is 33.3 Å². The van der Waals surface area contributed by atoms with Gasteiger partial charge in [0.05, 0.1) is 49.8 Å². The molecule has 11 nitrogen and oxygen atoms in total. The zero-order valence-corrected chi connectivity index (χ0v) is 26.7. The lowest BCUT2D eigenvalue weighted by Crippen LogP contribution is -2.43. The first kappa shape index (κ1) is 32.0. The van der Waals surface area contributed by atoms with E-state index >= 15 is 0 Å². The first-order chi connectivity index (χ1) is 21.9. The van der Waals surface area contributed by atoms with Crippen LogP contribution in [0.4, 0.5) is 0 Å². The summed E-state index contributed by atoms with van der Waals surface area (Å²) < 4.78 is 29.8. The summed E-state index contributed by atoms with van der Waals surface area (Å²) in [6.07, 6.45) is 3.04. The summed E-state index contributed by atoms with van der Waals surface area (Å²) in [7, 11) is 3.08. The van der Waals surface area contributed by atoms with E-state index < -0.39 is 12.0 Å². The van der Waals surface area contributed by atoms with E-state index in [1.807, 2.05) is 25.1 Å². The van der Waals surface area contributed by atoms with Gasteiger partial charge in [-0.05, 0) is 43.2 Å². The highest BCUT2D eigenvalue weighted by atomic mass is 32.1. The number of morpholine rings is 1. The minimum Gasteiger partial charge on any atom is -0.496 e. The van der Waals surface area contributed by atoms with E-state index in [-0.39, 0.29) is 24.7 Å². The molecule has 0 N–H and O–H groups in total. The third kappa shape index (κ3) is 6.81. The first-order valence-electron chi connectivity index (χ1n) is 14.9. The number of amides is 1. The summed E-state index contributed by atoms with van der Waals surface area (Å²) in [5.74, 6) is 0.747. The number of methoxy groups -OCH3 is 2. The molecule has 2 aromatic carbocycles. The highest BCUT2D eigenvalue weighted by Gasteiger charge is 2.35. The zero-order chi connectivity index (χ0) is 31.9. The fourth-order valence-electron chi connectivity index (χ4n) is 5.40. The Morgan fingerprint density at radius 1 is 1.04 bits per heavy atom. The van der Waals surface area contributed by atoms with Crippen molar-refractivity contribution in [3.8, 4) is 17.2 Å². The van der Waals surface area contributed by atoms with Gasteiger partial charge < -0.3 is 28.6 Å². The van der Waals surface area contributed by atoms with Gasteiger partial charge in [0.15, 0.2) is 22.9 Å². The van der Waals surface area contributed by atoms with E-state index in [0.29, 0.717) is 81.7 Å². The maximum absolute atomic E-state index is 14.1. The normalized spacial score (nSPS) is 16.6. The van der Waals surface area contributed by atoms with Gasteiger partial charge in [-0.3, -0.25) is 14.2 Å². The Hall–Kier alpha value is -4.42. The summed E-state index contributed by atoms with van der Waals surface area (Å²) in [6.45, 7) is 5.92. The number of hydrogen-bond donors (Lipinski definition) is 0. The monoisotopic (exact) mass is 635 g/mol. The zero-order valence-electron chi connectivity index (χ0n) is 25.9. The topological polar surface area (TPSA) is 118 Å². The van der Waals surface area contributed by atoms with Crippen molar-refractivity contribution in [3.05, 3.63) is 84.5 Å². The number of benzene rings is 2. The lowest BCUT2D eigenvalue weighted by Gasteiger charge is -2.26. The van der Waals surface area contributed by atoms with Gasteiger partial charge in [0.25, 0.3) is 11.5 Å². The number of para-hydroxylation sites is 1. The quantitative estimate of drug-likeness (QED) is 0.296. The molecule has 3 heterocycles. The molecule has 0 radical (unpaired) electrons. The number of fused-ring (bicyclic) bond motifs is 1. The minimum absolute atomic E-state index is 0.125. The van der Waals surface area contributed by atoms with Gasteiger partial charge in [-0.25, -0.2) is 9.79 Å². The smallest absolute Gasteiger partial charge is 0.338 e. The largest absolute Gasteiger partial charge is 0.496 e. The van der Waals surface area contributed by atoms with E-state index in [9.17, 15) is 14.4 Å². The third-order valence-corrected chi connectivity index (χ3v) is 8.51. The number of carbonyl (C=O) groups is 2. The molecular weight excluding hydrogens is 598 g/mol. The molecule has 238 valence electrons. The van der Waals surface area contributed by atoms with Crippen LogP contribution >= 0.6 is 11.3 Å². The van der Waals surface area contributed by atoms with E-state index in [1.54, 1.807) is 53.8 Å². The van der Waals surface area contributed by atoms with Crippen molar-refractivity contribution >= 4 is 29.3 Å². The number of ether oxygens (including phenoxy) is 5. The third-order valence-electron chi connectivity index (χ3n) is 7.53. The van der Waals surface area contributed by atoms with Crippen LogP contribution in [0.2, 0.25) is 0 Å². The maximum atomic E-state index is 14.1. The van der Waals surface area contributed by atoms with Gasteiger partial charge in [-0.15, -0.1) is 0 Å².